The number of aryl methyl sites for hydroxylation is 1. The number of rotatable bonds is 5. The molecule has 2 aromatic rings. The lowest BCUT2D eigenvalue weighted by Gasteiger charge is -2.33. The molecule has 0 aliphatic carbocycles. The molecule has 1 fully saturated rings. The third-order valence-electron chi connectivity index (χ3n) is 4.56. The molecule has 5 nitrogen and oxygen atoms in total. The van der Waals surface area contributed by atoms with Crippen molar-refractivity contribution in [3.05, 3.63) is 53.7 Å². The van der Waals surface area contributed by atoms with Crippen LogP contribution in [-0.4, -0.2) is 36.6 Å². The molecule has 0 atom stereocenters. The molecule has 2 heterocycles. The number of pyridine rings is 1. The fraction of sp³-hybridized carbons (Fsp3) is 0.400. The number of nitrogens with zero attached hydrogens (tertiary/aromatic N) is 2. The minimum Gasteiger partial charge on any atom is -0.382 e. The molecule has 1 aromatic heterocycles. The molecule has 1 aromatic carbocycles. The second-order valence-corrected chi connectivity index (χ2v) is 6.54. The largest absolute Gasteiger partial charge is 0.382 e. The van der Waals surface area contributed by atoms with Crippen LogP contribution in [0.5, 0.6) is 0 Å². The maximum Gasteiger partial charge on any atom is 0.252 e. The van der Waals surface area contributed by atoms with Gasteiger partial charge < -0.3 is 15.5 Å². The number of hydrogen-bond donors (Lipinski definition) is 2. The molecule has 3 rings (SSSR count). The molecular formula is C20H26N4O. The highest BCUT2D eigenvalue weighted by atomic mass is 16.1. The van der Waals surface area contributed by atoms with E-state index in [1.165, 1.54) is 11.3 Å². The second-order valence-electron chi connectivity index (χ2n) is 6.54. The summed E-state index contributed by atoms with van der Waals surface area (Å²) in [7, 11) is 0. The Kier molecular flexibility index (Phi) is 5.53. The van der Waals surface area contributed by atoms with Crippen LogP contribution < -0.4 is 15.5 Å². The highest BCUT2D eigenvalue weighted by Crippen LogP contribution is 2.21. The highest BCUT2D eigenvalue weighted by Gasteiger charge is 2.20. The molecule has 0 spiro atoms. The summed E-state index contributed by atoms with van der Waals surface area (Å²) >= 11 is 0. The van der Waals surface area contributed by atoms with Crippen LogP contribution in [0.15, 0.2) is 42.6 Å². The lowest BCUT2D eigenvalue weighted by atomic mass is 10.0. The average molecular weight is 338 g/mol. The molecule has 132 valence electrons. The predicted octanol–water partition coefficient (Wildman–Crippen LogP) is 3.22. The number of benzene rings is 1. The van der Waals surface area contributed by atoms with Gasteiger partial charge in [0.05, 0.1) is 5.56 Å². The third kappa shape index (κ3) is 4.50. The topological polar surface area (TPSA) is 57.3 Å². The molecule has 0 bridgehead atoms. The van der Waals surface area contributed by atoms with Crippen LogP contribution in [-0.2, 0) is 0 Å². The fourth-order valence-electron chi connectivity index (χ4n) is 3.19. The van der Waals surface area contributed by atoms with Gasteiger partial charge in [0, 0.05) is 37.6 Å². The minimum absolute atomic E-state index is 0.0670. The number of hydrogen-bond acceptors (Lipinski definition) is 4. The van der Waals surface area contributed by atoms with E-state index >= 15 is 0 Å². The smallest absolute Gasteiger partial charge is 0.252 e. The maximum absolute atomic E-state index is 11.8. The molecule has 1 amide bonds. The Morgan fingerprint density at radius 3 is 2.68 bits per heavy atom. The van der Waals surface area contributed by atoms with E-state index in [0.29, 0.717) is 18.2 Å². The zero-order valence-corrected chi connectivity index (χ0v) is 15.0. The zero-order chi connectivity index (χ0) is 17.6. The van der Waals surface area contributed by atoms with Crippen LogP contribution in [0, 0.1) is 6.92 Å². The molecule has 1 aliphatic rings. The van der Waals surface area contributed by atoms with Crippen molar-refractivity contribution in [2.24, 2.45) is 0 Å². The Labute approximate surface area is 149 Å². The van der Waals surface area contributed by atoms with Crippen molar-refractivity contribution in [1.29, 1.82) is 0 Å². The molecule has 2 N–H and O–H groups in total. The van der Waals surface area contributed by atoms with Crippen molar-refractivity contribution < 1.29 is 4.79 Å². The van der Waals surface area contributed by atoms with E-state index in [1.807, 2.05) is 19.1 Å². The van der Waals surface area contributed by atoms with E-state index in [9.17, 15) is 4.79 Å². The molecule has 1 aliphatic heterocycles. The Bertz CT molecular complexity index is 706. The average Bonchev–Trinajstić information content (AvgIpc) is 2.63. The van der Waals surface area contributed by atoms with Crippen molar-refractivity contribution in [3.63, 3.8) is 0 Å². The maximum atomic E-state index is 11.8. The van der Waals surface area contributed by atoms with Gasteiger partial charge in [0.25, 0.3) is 5.91 Å². The van der Waals surface area contributed by atoms with Crippen LogP contribution in [0.4, 0.5) is 11.5 Å². The van der Waals surface area contributed by atoms with E-state index in [-0.39, 0.29) is 5.91 Å². The predicted molar refractivity (Wildman–Crippen MR) is 102 cm³/mol. The van der Waals surface area contributed by atoms with Crippen LogP contribution in [0.1, 0.15) is 35.7 Å². The number of carbonyl (C=O) groups is 1. The molecule has 0 saturated carbocycles. The molecule has 0 unspecified atom stereocenters. The summed E-state index contributed by atoms with van der Waals surface area (Å²) in [5.74, 6) is 0.879. The number of anilines is 2. The van der Waals surface area contributed by atoms with Gasteiger partial charge in [-0.05, 0) is 56.5 Å². The van der Waals surface area contributed by atoms with Crippen molar-refractivity contribution in [2.75, 3.05) is 29.9 Å². The highest BCUT2D eigenvalue weighted by molar-refractivity contribution is 5.94. The summed E-state index contributed by atoms with van der Waals surface area (Å²) in [6.07, 6.45) is 3.82. The van der Waals surface area contributed by atoms with Crippen molar-refractivity contribution in [2.45, 2.75) is 32.7 Å². The summed E-state index contributed by atoms with van der Waals surface area (Å²) < 4.78 is 0. The van der Waals surface area contributed by atoms with Crippen molar-refractivity contribution in [1.82, 2.24) is 10.3 Å². The van der Waals surface area contributed by atoms with Gasteiger partial charge in [-0.15, -0.1) is 0 Å². The lowest BCUT2D eigenvalue weighted by molar-refractivity contribution is 0.0955. The van der Waals surface area contributed by atoms with E-state index in [4.69, 9.17) is 0 Å². The van der Waals surface area contributed by atoms with Gasteiger partial charge in [0.15, 0.2) is 0 Å². The summed E-state index contributed by atoms with van der Waals surface area (Å²) in [6, 6.07) is 12.8. The standard InChI is InChI=1S/C20H26N4O/c1-3-21-20(25)16-7-8-19(22-14-16)24-11-9-17(10-12-24)23-18-6-4-5-15(2)13-18/h4-8,13-14,17,23H,3,9-12H2,1-2H3,(H,21,25). The first-order chi connectivity index (χ1) is 12.2. The van der Waals surface area contributed by atoms with Gasteiger partial charge in [0.1, 0.15) is 5.82 Å². The van der Waals surface area contributed by atoms with Crippen LogP contribution >= 0.6 is 0 Å². The van der Waals surface area contributed by atoms with Gasteiger partial charge >= 0.3 is 0 Å². The van der Waals surface area contributed by atoms with Gasteiger partial charge in [0.2, 0.25) is 0 Å². The van der Waals surface area contributed by atoms with Crippen molar-refractivity contribution in [3.8, 4) is 0 Å². The fourth-order valence-corrected chi connectivity index (χ4v) is 3.19. The van der Waals surface area contributed by atoms with E-state index < -0.39 is 0 Å². The number of nitrogens with one attached hydrogen (secondary N) is 2. The van der Waals surface area contributed by atoms with Gasteiger partial charge in [-0.25, -0.2) is 4.98 Å². The first kappa shape index (κ1) is 17.3. The second kappa shape index (κ2) is 8.01. The molecule has 0 radical (unpaired) electrons. The summed E-state index contributed by atoms with van der Waals surface area (Å²) in [4.78, 5) is 18.6. The minimum atomic E-state index is -0.0670. The quantitative estimate of drug-likeness (QED) is 0.879. The van der Waals surface area contributed by atoms with Crippen LogP contribution in [0.2, 0.25) is 0 Å². The van der Waals surface area contributed by atoms with Crippen LogP contribution in [0.3, 0.4) is 0 Å². The Morgan fingerprint density at radius 1 is 1.24 bits per heavy atom. The Hall–Kier alpha value is -2.56. The van der Waals surface area contributed by atoms with Gasteiger partial charge in [-0.1, -0.05) is 12.1 Å². The Balaban J connectivity index is 1.54. The number of amides is 1. The number of aromatic nitrogens is 1. The number of carbonyl (C=O) groups excluding carboxylic acids is 1. The summed E-state index contributed by atoms with van der Waals surface area (Å²) in [5.41, 5.74) is 3.09. The molecule has 1 saturated heterocycles. The van der Waals surface area contributed by atoms with Crippen molar-refractivity contribution >= 4 is 17.4 Å². The van der Waals surface area contributed by atoms with Crippen LogP contribution in [0.25, 0.3) is 0 Å². The van der Waals surface area contributed by atoms with Gasteiger partial charge in [-0.2, -0.15) is 0 Å². The third-order valence-corrected chi connectivity index (χ3v) is 4.56. The molecule has 25 heavy (non-hydrogen) atoms. The normalized spacial score (nSPS) is 15.0. The monoisotopic (exact) mass is 338 g/mol. The van der Waals surface area contributed by atoms with E-state index in [1.54, 1.807) is 6.20 Å². The zero-order valence-electron chi connectivity index (χ0n) is 15.0. The lowest BCUT2D eigenvalue weighted by Crippen LogP contribution is -2.39. The first-order valence-electron chi connectivity index (χ1n) is 8.98. The number of piperidine rings is 1. The summed E-state index contributed by atoms with van der Waals surface area (Å²) in [6.45, 7) is 6.59. The Morgan fingerprint density at radius 2 is 2.04 bits per heavy atom. The first-order valence-corrected chi connectivity index (χ1v) is 8.98. The van der Waals surface area contributed by atoms with Gasteiger partial charge in [-0.3, -0.25) is 4.79 Å². The SMILES string of the molecule is CCNC(=O)c1ccc(N2CCC(Nc3cccc(C)c3)CC2)nc1. The molecular weight excluding hydrogens is 312 g/mol. The van der Waals surface area contributed by atoms with E-state index in [2.05, 4.69) is 51.7 Å². The molecule has 5 heteroatoms. The summed E-state index contributed by atoms with van der Waals surface area (Å²) in [5, 5.41) is 6.42. The van der Waals surface area contributed by atoms with E-state index in [0.717, 1.165) is 31.7 Å².